The van der Waals surface area contributed by atoms with Crippen LogP contribution in [0.15, 0.2) is 41.7 Å². The van der Waals surface area contributed by atoms with Gasteiger partial charge in [0.15, 0.2) is 5.82 Å². The second kappa shape index (κ2) is 5.71. The first-order valence-corrected chi connectivity index (χ1v) is 7.17. The molecule has 0 saturated heterocycles. The maximum Gasteiger partial charge on any atom is 0.293 e. The highest BCUT2D eigenvalue weighted by atomic mass is 32.2. The number of hydrogen-bond acceptors (Lipinski definition) is 7. The predicted octanol–water partition coefficient (Wildman–Crippen LogP) is 1.23. The number of nitro benzene ring substituents is 1. The van der Waals surface area contributed by atoms with E-state index in [1.54, 1.807) is 0 Å². The summed E-state index contributed by atoms with van der Waals surface area (Å²) in [6.45, 7) is 0. The Morgan fingerprint density at radius 3 is 2.62 bits per heavy atom. The average Bonchev–Trinajstić information content (AvgIpc) is 2.47. The zero-order valence-electron chi connectivity index (χ0n) is 10.8. The zero-order chi connectivity index (χ0) is 15.5. The summed E-state index contributed by atoms with van der Waals surface area (Å²) in [5.41, 5.74) is -0.113. The molecule has 10 heteroatoms. The highest BCUT2D eigenvalue weighted by Gasteiger charge is 2.21. The van der Waals surface area contributed by atoms with Gasteiger partial charge >= 0.3 is 0 Å². The molecule has 0 aliphatic rings. The van der Waals surface area contributed by atoms with Gasteiger partial charge in [-0.05, 0) is 12.1 Å². The molecule has 0 fully saturated rings. The van der Waals surface area contributed by atoms with E-state index in [2.05, 4.69) is 20.0 Å². The number of sulfonamides is 1. The van der Waals surface area contributed by atoms with Crippen LogP contribution >= 0.6 is 0 Å². The van der Waals surface area contributed by atoms with Gasteiger partial charge in [0.05, 0.1) is 16.0 Å². The van der Waals surface area contributed by atoms with Gasteiger partial charge < -0.3 is 5.32 Å². The lowest BCUT2D eigenvalue weighted by atomic mass is 10.3. The van der Waals surface area contributed by atoms with E-state index in [0.29, 0.717) is 0 Å². The van der Waals surface area contributed by atoms with Crippen LogP contribution in [0.4, 0.5) is 17.2 Å². The van der Waals surface area contributed by atoms with Crippen molar-refractivity contribution in [1.82, 2.24) is 9.97 Å². The van der Waals surface area contributed by atoms with Crippen molar-refractivity contribution >= 4 is 27.2 Å². The van der Waals surface area contributed by atoms with E-state index in [0.717, 1.165) is 6.07 Å². The lowest BCUT2D eigenvalue weighted by Gasteiger charge is -2.08. The summed E-state index contributed by atoms with van der Waals surface area (Å²) in [4.78, 5) is 17.6. The van der Waals surface area contributed by atoms with E-state index in [1.807, 2.05) is 0 Å². The molecule has 0 unspecified atom stereocenters. The molecule has 1 aromatic carbocycles. The topological polar surface area (TPSA) is 127 Å². The minimum Gasteiger partial charge on any atom is -0.383 e. The lowest BCUT2D eigenvalue weighted by molar-refractivity contribution is -0.384. The molecule has 2 rings (SSSR count). The van der Waals surface area contributed by atoms with Gasteiger partial charge in [-0.25, -0.2) is 13.4 Å². The second-order valence-electron chi connectivity index (χ2n) is 3.88. The fourth-order valence-electron chi connectivity index (χ4n) is 1.59. The maximum atomic E-state index is 12.2. The van der Waals surface area contributed by atoms with E-state index in [-0.39, 0.29) is 22.1 Å². The maximum absolute atomic E-state index is 12.2. The number of nitro groups is 1. The summed E-state index contributed by atoms with van der Waals surface area (Å²) in [6.07, 6.45) is 3.95. The Balaban J connectivity index is 2.41. The van der Waals surface area contributed by atoms with Gasteiger partial charge in [0.25, 0.3) is 15.7 Å². The molecule has 2 N–H and O–H groups in total. The zero-order valence-corrected chi connectivity index (χ0v) is 11.7. The minimum atomic E-state index is -3.98. The molecule has 1 aromatic heterocycles. The van der Waals surface area contributed by atoms with Crippen molar-refractivity contribution < 1.29 is 13.3 Å². The van der Waals surface area contributed by atoms with E-state index >= 15 is 0 Å². The SMILES string of the molecule is CNc1ccc(S(=O)(=O)Nc2cnccn2)cc1[N+](=O)[O-]. The summed E-state index contributed by atoms with van der Waals surface area (Å²) in [5.74, 6) is 0.0258. The molecule has 21 heavy (non-hydrogen) atoms. The van der Waals surface area contributed by atoms with Crippen molar-refractivity contribution in [1.29, 1.82) is 0 Å². The second-order valence-corrected chi connectivity index (χ2v) is 5.56. The Bertz CT molecular complexity index is 763. The van der Waals surface area contributed by atoms with Crippen LogP contribution in [0, 0.1) is 10.1 Å². The third-order valence-electron chi connectivity index (χ3n) is 2.55. The first-order valence-electron chi connectivity index (χ1n) is 5.69. The number of benzene rings is 1. The Labute approximate surface area is 120 Å². The summed E-state index contributed by atoms with van der Waals surface area (Å²) in [7, 11) is -2.47. The monoisotopic (exact) mass is 309 g/mol. The molecular weight excluding hydrogens is 298 g/mol. The number of rotatable bonds is 5. The molecule has 0 aliphatic heterocycles. The third-order valence-corrected chi connectivity index (χ3v) is 3.90. The van der Waals surface area contributed by atoms with Crippen molar-refractivity contribution in [2.45, 2.75) is 4.90 Å². The number of anilines is 2. The smallest absolute Gasteiger partial charge is 0.293 e. The molecule has 0 radical (unpaired) electrons. The van der Waals surface area contributed by atoms with Crippen molar-refractivity contribution in [3.05, 3.63) is 46.9 Å². The highest BCUT2D eigenvalue weighted by Crippen LogP contribution is 2.27. The standard InChI is InChI=1S/C11H11N5O4S/c1-12-9-3-2-8(6-10(9)16(17)18)21(19,20)15-11-7-13-4-5-14-11/h2-7,12H,1H3,(H,14,15). The van der Waals surface area contributed by atoms with Crippen LogP contribution < -0.4 is 10.0 Å². The molecule has 0 saturated carbocycles. The van der Waals surface area contributed by atoms with Crippen LogP contribution in [-0.4, -0.2) is 30.4 Å². The van der Waals surface area contributed by atoms with Crippen LogP contribution in [0.25, 0.3) is 0 Å². The number of aromatic nitrogens is 2. The Kier molecular flexibility index (Phi) is 3.98. The molecule has 0 bridgehead atoms. The average molecular weight is 309 g/mol. The van der Waals surface area contributed by atoms with E-state index < -0.39 is 14.9 Å². The van der Waals surface area contributed by atoms with Crippen molar-refractivity contribution in [2.24, 2.45) is 0 Å². The molecule has 9 nitrogen and oxygen atoms in total. The normalized spacial score (nSPS) is 10.9. The largest absolute Gasteiger partial charge is 0.383 e. The molecule has 0 amide bonds. The van der Waals surface area contributed by atoms with Crippen LogP contribution in [0.5, 0.6) is 0 Å². The molecule has 2 aromatic rings. The fourth-order valence-corrected chi connectivity index (χ4v) is 2.60. The summed E-state index contributed by atoms with van der Waals surface area (Å²) in [5, 5.41) is 13.6. The third kappa shape index (κ3) is 3.23. The first-order chi connectivity index (χ1) is 9.94. The molecule has 1 heterocycles. The van der Waals surface area contributed by atoms with Gasteiger partial charge in [0.1, 0.15) is 5.69 Å². The van der Waals surface area contributed by atoms with Crippen LogP contribution in [0.2, 0.25) is 0 Å². The molecule has 0 atom stereocenters. The molecule has 110 valence electrons. The van der Waals surface area contributed by atoms with E-state index in [1.165, 1.54) is 37.8 Å². The molecule has 0 aliphatic carbocycles. The van der Waals surface area contributed by atoms with E-state index in [9.17, 15) is 18.5 Å². The van der Waals surface area contributed by atoms with Gasteiger partial charge in [-0.3, -0.25) is 19.8 Å². The van der Waals surface area contributed by atoms with Crippen LogP contribution in [0.3, 0.4) is 0 Å². The Hall–Kier alpha value is -2.75. The van der Waals surface area contributed by atoms with Crippen LogP contribution in [0.1, 0.15) is 0 Å². The van der Waals surface area contributed by atoms with Crippen molar-refractivity contribution in [2.75, 3.05) is 17.1 Å². The van der Waals surface area contributed by atoms with E-state index in [4.69, 9.17) is 0 Å². The quantitative estimate of drug-likeness (QED) is 0.628. The highest BCUT2D eigenvalue weighted by molar-refractivity contribution is 7.92. The fraction of sp³-hybridized carbons (Fsp3) is 0.0909. The Morgan fingerprint density at radius 1 is 1.29 bits per heavy atom. The molecular formula is C11H11N5O4S. The van der Waals surface area contributed by atoms with Gasteiger partial charge in [-0.1, -0.05) is 0 Å². The predicted molar refractivity (Wildman–Crippen MR) is 75.5 cm³/mol. The first kappa shape index (κ1) is 14.7. The summed E-state index contributed by atoms with van der Waals surface area (Å²) < 4.78 is 26.5. The van der Waals surface area contributed by atoms with Gasteiger partial charge in [-0.15, -0.1) is 0 Å². The summed E-state index contributed by atoms with van der Waals surface area (Å²) in [6, 6.07) is 3.56. The number of nitrogens with zero attached hydrogens (tertiary/aromatic N) is 3. The Morgan fingerprint density at radius 2 is 2.05 bits per heavy atom. The molecule has 0 spiro atoms. The van der Waals surface area contributed by atoms with Gasteiger partial charge in [0.2, 0.25) is 0 Å². The van der Waals surface area contributed by atoms with Crippen molar-refractivity contribution in [3.63, 3.8) is 0 Å². The number of nitrogens with one attached hydrogen (secondary N) is 2. The summed E-state index contributed by atoms with van der Waals surface area (Å²) >= 11 is 0. The number of hydrogen-bond donors (Lipinski definition) is 2. The minimum absolute atomic E-state index is 0.0258. The van der Waals surface area contributed by atoms with Gasteiger partial charge in [-0.2, -0.15) is 0 Å². The van der Waals surface area contributed by atoms with Crippen LogP contribution in [-0.2, 0) is 10.0 Å². The van der Waals surface area contributed by atoms with Gasteiger partial charge in [0, 0.05) is 25.5 Å². The van der Waals surface area contributed by atoms with Crippen molar-refractivity contribution in [3.8, 4) is 0 Å². The lowest BCUT2D eigenvalue weighted by Crippen LogP contribution is -2.14.